The molecule has 76 valence electrons. The number of hydrogen-bond donors (Lipinski definition) is 1. The zero-order valence-electron chi connectivity index (χ0n) is 7.11. The third-order valence-corrected chi connectivity index (χ3v) is 1.37. The number of nitrogens with zero attached hydrogens (tertiary/aromatic N) is 1. The molecule has 0 saturated heterocycles. The van der Waals surface area contributed by atoms with Gasteiger partial charge in [0.1, 0.15) is 6.61 Å². The number of amides is 1. The smallest absolute Gasteiger partial charge is 0.272 e. The topological polar surface area (TPSA) is 65.2 Å². The van der Waals surface area contributed by atoms with Crippen LogP contribution in [0, 0.1) is 0 Å². The van der Waals surface area contributed by atoms with Gasteiger partial charge < -0.3 is 10.5 Å². The summed E-state index contributed by atoms with van der Waals surface area (Å²) in [4.78, 5) is 14.4. The van der Waals surface area contributed by atoms with Gasteiger partial charge in [-0.1, -0.05) is 0 Å². The Morgan fingerprint density at radius 1 is 1.64 bits per heavy atom. The van der Waals surface area contributed by atoms with Crippen LogP contribution in [0.3, 0.4) is 0 Å². The van der Waals surface area contributed by atoms with E-state index in [2.05, 4.69) is 9.72 Å². The van der Waals surface area contributed by atoms with Crippen molar-refractivity contribution in [1.82, 2.24) is 4.98 Å². The molecule has 0 unspecified atom stereocenters. The third kappa shape index (κ3) is 2.65. The first kappa shape index (κ1) is 10.4. The maximum atomic E-state index is 11.8. The number of carbonyl (C=O) groups excluding carboxylic acids is 1. The minimum atomic E-state index is -2.60. The summed E-state index contributed by atoms with van der Waals surface area (Å²) >= 11 is 0. The Bertz CT molecular complexity index is 331. The number of halogens is 2. The van der Waals surface area contributed by atoms with E-state index in [0.29, 0.717) is 0 Å². The monoisotopic (exact) mass is 202 g/mol. The molecule has 1 heterocycles. The van der Waals surface area contributed by atoms with E-state index in [4.69, 9.17) is 5.73 Å². The molecule has 1 amide bonds. The summed E-state index contributed by atoms with van der Waals surface area (Å²) in [7, 11) is 0. The van der Waals surface area contributed by atoms with Gasteiger partial charge in [-0.05, 0) is 12.1 Å². The van der Waals surface area contributed by atoms with E-state index >= 15 is 0 Å². The fraction of sp³-hybridized carbons (Fsp3) is 0.250. The third-order valence-electron chi connectivity index (χ3n) is 1.37. The highest BCUT2D eigenvalue weighted by Gasteiger charge is 2.12. The lowest BCUT2D eigenvalue weighted by molar-refractivity contribution is 0.0797. The fourth-order valence-electron chi connectivity index (χ4n) is 0.845. The van der Waals surface area contributed by atoms with Gasteiger partial charge in [0.2, 0.25) is 0 Å². The normalized spacial score (nSPS) is 10.2. The minimum Gasteiger partial charge on any atom is -0.485 e. The van der Waals surface area contributed by atoms with Gasteiger partial charge in [-0.25, -0.2) is 13.8 Å². The molecule has 0 atom stereocenters. The first-order chi connectivity index (χ1) is 6.61. The Labute approximate surface area is 78.7 Å². The van der Waals surface area contributed by atoms with Gasteiger partial charge in [-0.2, -0.15) is 0 Å². The SMILES string of the molecule is NC(=O)c1ncccc1OCC(F)F. The molecule has 0 bridgehead atoms. The summed E-state index contributed by atoms with van der Waals surface area (Å²) in [6, 6.07) is 2.82. The Hall–Kier alpha value is -1.72. The molecule has 0 aliphatic heterocycles. The van der Waals surface area contributed by atoms with Crippen molar-refractivity contribution in [3.8, 4) is 5.75 Å². The number of carbonyl (C=O) groups is 1. The van der Waals surface area contributed by atoms with E-state index in [-0.39, 0.29) is 11.4 Å². The van der Waals surface area contributed by atoms with Crippen LogP contribution in [0.5, 0.6) is 5.75 Å². The van der Waals surface area contributed by atoms with Crippen LogP contribution in [0.1, 0.15) is 10.5 Å². The standard InChI is InChI=1S/C8H8F2N2O2/c9-6(10)4-14-5-2-1-3-12-7(5)8(11)13/h1-3,6H,4H2,(H2,11,13). The first-order valence-corrected chi connectivity index (χ1v) is 3.77. The second-order valence-electron chi connectivity index (χ2n) is 2.42. The highest BCUT2D eigenvalue weighted by molar-refractivity contribution is 5.93. The van der Waals surface area contributed by atoms with Crippen LogP contribution in [-0.2, 0) is 0 Å². The van der Waals surface area contributed by atoms with Crippen molar-refractivity contribution in [2.45, 2.75) is 6.43 Å². The van der Waals surface area contributed by atoms with E-state index in [1.165, 1.54) is 18.3 Å². The summed E-state index contributed by atoms with van der Waals surface area (Å²) in [6.07, 6.45) is -1.27. The van der Waals surface area contributed by atoms with Crippen LogP contribution < -0.4 is 10.5 Å². The number of rotatable bonds is 4. The number of nitrogens with two attached hydrogens (primary N) is 1. The van der Waals surface area contributed by atoms with Gasteiger partial charge in [0, 0.05) is 6.20 Å². The number of hydrogen-bond acceptors (Lipinski definition) is 3. The van der Waals surface area contributed by atoms with Crippen molar-refractivity contribution in [1.29, 1.82) is 0 Å². The van der Waals surface area contributed by atoms with Crippen molar-refractivity contribution < 1.29 is 18.3 Å². The zero-order valence-corrected chi connectivity index (χ0v) is 7.11. The van der Waals surface area contributed by atoms with Crippen molar-refractivity contribution in [2.24, 2.45) is 5.73 Å². The summed E-state index contributed by atoms with van der Waals surface area (Å²) in [5, 5.41) is 0. The molecule has 0 fully saturated rings. The molecule has 4 nitrogen and oxygen atoms in total. The quantitative estimate of drug-likeness (QED) is 0.786. The maximum Gasteiger partial charge on any atom is 0.272 e. The van der Waals surface area contributed by atoms with E-state index in [1.807, 2.05) is 0 Å². The lowest BCUT2D eigenvalue weighted by Gasteiger charge is -2.07. The summed E-state index contributed by atoms with van der Waals surface area (Å²) in [5.41, 5.74) is 4.81. The van der Waals surface area contributed by atoms with Gasteiger partial charge in [0.15, 0.2) is 11.4 Å². The number of pyridine rings is 1. The van der Waals surface area contributed by atoms with Crippen molar-refractivity contribution in [3.05, 3.63) is 24.0 Å². The molecule has 0 saturated carbocycles. The summed E-state index contributed by atoms with van der Waals surface area (Å²) < 4.78 is 28.2. The van der Waals surface area contributed by atoms with E-state index in [1.54, 1.807) is 0 Å². The van der Waals surface area contributed by atoms with Gasteiger partial charge in [0.05, 0.1) is 0 Å². The summed E-state index contributed by atoms with van der Waals surface area (Å²) in [5.74, 6) is -0.838. The number of primary amides is 1. The zero-order chi connectivity index (χ0) is 10.6. The molecule has 6 heteroatoms. The molecule has 1 aromatic heterocycles. The molecule has 0 aliphatic rings. The van der Waals surface area contributed by atoms with E-state index < -0.39 is 18.9 Å². The van der Waals surface area contributed by atoms with Crippen molar-refractivity contribution in [2.75, 3.05) is 6.61 Å². The number of alkyl halides is 2. The van der Waals surface area contributed by atoms with Crippen LogP contribution in [0.25, 0.3) is 0 Å². The molecule has 0 aliphatic carbocycles. The van der Waals surface area contributed by atoms with E-state index in [9.17, 15) is 13.6 Å². The minimum absolute atomic E-state index is 0.0275. The molecular weight excluding hydrogens is 194 g/mol. The molecule has 0 spiro atoms. The largest absolute Gasteiger partial charge is 0.485 e. The predicted molar refractivity (Wildman–Crippen MR) is 44.3 cm³/mol. The molecule has 1 rings (SSSR count). The lowest BCUT2D eigenvalue weighted by atomic mass is 10.3. The Morgan fingerprint density at radius 2 is 2.36 bits per heavy atom. The van der Waals surface area contributed by atoms with Gasteiger partial charge in [-0.15, -0.1) is 0 Å². The van der Waals surface area contributed by atoms with Crippen molar-refractivity contribution >= 4 is 5.91 Å². The average Bonchev–Trinajstić information content (AvgIpc) is 2.15. The fourth-order valence-corrected chi connectivity index (χ4v) is 0.845. The molecular formula is C8H8F2N2O2. The average molecular weight is 202 g/mol. The molecule has 14 heavy (non-hydrogen) atoms. The van der Waals surface area contributed by atoms with E-state index in [0.717, 1.165) is 0 Å². The maximum absolute atomic E-state index is 11.8. The number of ether oxygens (including phenoxy) is 1. The molecule has 1 aromatic rings. The van der Waals surface area contributed by atoms with Gasteiger partial charge >= 0.3 is 0 Å². The lowest BCUT2D eigenvalue weighted by Crippen LogP contribution is -2.16. The van der Waals surface area contributed by atoms with Crippen LogP contribution >= 0.6 is 0 Å². The van der Waals surface area contributed by atoms with Crippen LogP contribution in [0.4, 0.5) is 8.78 Å². The second kappa shape index (κ2) is 4.50. The van der Waals surface area contributed by atoms with Crippen LogP contribution in [0.2, 0.25) is 0 Å². The Balaban J connectivity index is 2.79. The van der Waals surface area contributed by atoms with Crippen LogP contribution in [-0.4, -0.2) is 23.9 Å². The van der Waals surface area contributed by atoms with Crippen molar-refractivity contribution in [3.63, 3.8) is 0 Å². The Kier molecular flexibility index (Phi) is 3.33. The predicted octanol–water partition coefficient (Wildman–Crippen LogP) is 0.824. The van der Waals surface area contributed by atoms with Gasteiger partial charge in [0.25, 0.3) is 12.3 Å². The molecule has 0 radical (unpaired) electrons. The highest BCUT2D eigenvalue weighted by Crippen LogP contribution is 2.15. The first-order valence-electron chi connectivity index (χ1n) is 3.77. The molecule has 2 N–H and O–H groups in total. The second-order valence-corrected chi connectivity index (χ2v) is 2.42. The van der Waals surface area contributed by atoms with Crippen LogP contribution in [0.15, 0.2) is 18.3 Å². The number of aromatic nitrogens is 1. The summed E-state index contributed by atoms with van der Waals surface area (Å²) in [6.45, 7) is -0.786. The van der Waals surface area contributed by atoms with Gasteiger partial charge in [-0.3, -0.25) is 4.79 Å². The highest BCUT2D eigenvalue weighted by atomic mass is 19.3. The Morgan fingerprint density at radius 3 is 2.93 bits per heavy atom. The molecule has 0 aromatic carbocycles.